The summed E-state index contributed by atoms with van der Waals surface area (Å²) < 4.78 is 20.9. The predicted octanol–water partition coefficient (Wildman–Crippen LogP) is 9.42. The van der Waals surface area contributed by atoms with Gasteiger partial charge in [0, 0.05) is 37.9 Å². The van der Waals surface area contributed by atoms with Crippen molar-refractivity contribution in [2.45, 2.75) is 13.8 Å². The first-order valence-electron chi connectivity index (χ1n) is 13.0. The van der Waals surface area contributed by atoms with Crippen molar-refractivity contribution < 1.29 is 28.9 Å². The van der Waals surface area contributed by atoms with Gasteiger partial charge in [0.25, 0.3) is 0 Å². The Morgan fingerprint density at radius 2 is 1.46 bits per heavy atom. The van der Waals surface area contributed by atoms with Gasteiger partial charge in [0.1, 0.15) is 11.4 Å². The third-order valence-corrected chi connectivity index (χ3v) is 6.89. The van der Waals surface area contributed by atoms with Crippen LogP contribution in [0.3, 0.4) is 0 Å². The number of aromatic nitrogens is 2. The number of hydrogen-bond acceptors (Lipinski definition) is 3. The molecule has 7 rings (SSSR count). The number of halogens is 1. The van der Waals surface area contributed by atoms with E-state index in [1.807, 2.05) is 91.1 Å². The Hall–Kier alpha value is -4.44. The second-order valence-corrected chi connectivity index (χ2v) is 9.51. The Morgan fingerprint density at radius 3 is 2.20 bits per heavy atom. The van der Waals surface area contributed by atoms with E-state index >= 15 is 0 Å². The summed E-state index contributed by atoms with van der Waals surface area (Å²) in [5.74, 6) is -0.300. The Kier molecular flexibility index (Phi) is 8.49. The topological polar surface area (TPSA) is 38.9 Å². The maximum atomic E-state index is 14.7. The van der Waals surface area contributed by atoms with Gasteiger partial charge in [-0.25, -0.2) is 4.39 Å². The van der Waals surface area contributed by atoms with Crippen molar-refractivity contribution in [2.24, 2.45) is 0 Å². The van der Waals surface area contributed by atoms with Crippen LogP contribution in [0.1, 0.15) is 11.1 Å². The molecular weight excluding hydrogens is 688 g/mol. The van der Waals surface area contributed by atoms with Gasteiger partial charge in [-0.2, -0.15) is 0 Å². The molecular formula is C36H25FIrN2O-2. The average Bonchev–Trinajstić information content (AvgIpc) is 3.39. The number of hydrogen-bond donors (Lipinski definition) is 0. The van der Waals surface area contributed by atoms with E-state index in [-0.39, 0.29) is 25.9 Å². The number of fused-ring (bicyclic) bond motifs is 3. The van der Waals surface area contributed by atoms with Gasteiger partial charge >= 0.3 is 0 Å². The molecule has 0 aliphatic heterocycles. The summed E-state index contributed by atoms with van der Waals surface area (Å²) in [7, 11) is 0. The summed E-state index contributed by atoms with van der Waals surface area (Å²) in [6, 6.07) is 38.6. The van der Waals surface area contributed by atoms with Crippen LogP contribution in [0.4, 0.5) is 4.39 Å². The van der Waals surface area contributed by atoms with Crippen LogP contribution in [-0.2, 0) is 20.1 Å². The zero-order valence-electron chi connectivity index (χ0n) is 22.5. The number of benzene rings is 4. The quantitative estimate of drug-likeness (QED) is 0.172. The summed E-state index contributed by atoms with van der Waals surface area (Å²) in [6.45, 7) is 4.17. The number of aryl methyl sites for hydroxylation is 2. The molecule has 1 radical (unpaired) electrons. The van der Waals surface area contributed by atoms with Gasteiger partial charge in [-0.3, -0.25) is 0 Å². The zero-order valence-corrected chi connectivity index (χ0v) is 24.9. The second kappa shape index (κ2) is 12.4. The van der Waals surface area contributed by atoms with E-state index < -0.39 is 0 Å². The zero-order chi connectivity index (χ0) is 27.5. The third kappa shape index (κ3) is 5.74. The minimum absolute atomic E-state index is 0. The Morgan fingerprint density at radius 1 is 0.683 bits per heavy atom. The van der Waals surface area contributed by atoms with Crippen LogP contribution in [0.25, 0.3) is 55.6 Å². The maximum absolute atomic E-state index is 14.7. The minimum atomic E-state index is -0.300. The number of rotatable bonds is 3. The van der Waals surface area contributed by atoms with Gasteiger partial charge in [0.15, 0.2) is 0 Å². The number of pyridine rings is 2. The molecule has 3 aromatic heterocycles. The smallest absolute Gasteiger partial charge is 0.134 e. The van der Waals surface area contributed by atoms with Crippen molar-refractivity contribution in [3.05, 3.63) is 145 Å². The van der Waals surface area contributed by atoms with Gasteiger partial charge in [-0.1, -0.05) is 65.0 Å². The van der Waals surface area contributed by atoms with Gasteiger partial charge in [0.2, 0.25) is 0 Å². The second-order valence-electron chi connectivity index (χ2n) is 9.51. The summed E-state index contributed by atoms with van der Waals surface area (Å²) in [4.78, 5) is 8.78. The molecule has 0 N–H and O–H groups in total. The van der Waals surface area contributed by atoms with Crippen LogP contribution in [0.15, 0.2) is 120 Å². The molecule has 0 aliphatic rings. The minimum Gasteiger partial charge on any atom is -0.500 e. The molecule has 3 nitrogen and oxygen atoms in total. The predicted molar refractivity (Wildman–Crippen MR) is 159 cm³/mol. The monoisotopic (exact) mass is 713 g/mol. The van der Waals surface area contributed by atoms with Crippen LogP contribution in [0, 0.1) is 31.8 Å². The van der Waals surface area contributed by atoms with Gasteiger partial charge in [-0.15, -0.1) is 54.1 Å². The molecule has 3 heterocycles. The number of furan rings is 1. The molecule has 0 saturated carbocycles. The molecule has 0 saturated heterocycles. The van der Waals surface area contributed by atoms with Gasteiger partial charge in [-0.05, 0) is 54.6 Å². The first-order chi connectivity index (χ1) is 19.6. The van der Waals surface area contributed by atoms with Crippen LogP contribution < -0.4 is 0 Å². The van der Waals surface area contributed by atoms with E-state index in [2.05, 4.69) is 42.0 Å². The third-order valence-electron chi connectivity index (χ3n) is 6.89. The van der Waals surface area contributed by atoms with Crippen LogP contribution >= 0.6 is 0 Å². The van der Waals surface area contributed by atoms with Crippen molar-refractivity contribution in [3.8, 4) is 33.6 Å². The SMILES string of the molecule is Cc1cnc(-c2[c-]cccc2)cc1C.Fc1ccc2c(oc3c(-c4ccccn4)[c-]ccc32)c1-c1ccccc1.[Ir]. The average molecular weight is 713 g/mol. The molecule has 203 valence electrons. The van der Waals surface area contributed by atoms with Crippen LogP contribution in [0.2, 0.25) is 0 Å². The van der Waals surface area contributed by atoms with E-state index in [0.717, 1.165) is 38.9 Å². The first kappa shape index (κ1) is 28.1. The van der Waals surface area contributed by atoms with E-state index in [9.17, 15) is 4.39 Å². The molecule has 0 spiro atoms. The molecule has 7 aromatic rings. The van der Waals surface area contributed by atoms with Crippen molar-refractivity contribution in [1.29, 1.82) is 0 Å². The van der Waals surface area contributed by atoms with Crippen molar-refractivity contribution in [1.82, 2.24) is 9.97 Å². The molecule has 4 aromatic carbocycles. The van der Waals surface area contributed by atoms with E-state index in [4.69, 9.17) is 4.42 Å². The fourth-order valence-corrected chi connectivity index (χ4v) is 4.68. The maximum Gasteiger partial charge on any atom is 0.134 e. The molecule has 0 unspecified atom stereocenters. The van der Waals surface area contributed by atoms with Crippen molar-refractivity contribution in [3.63, 3.8) is 0 Å². The molecule has 41 heavy (non-hydrogen) atoms. The molecule has 0 fully saturated rings. The molecule has 5 heteroatoms. The summed E-state index contributed by atoms with van der Waals surface area (Å²) in [5.41, 5.74) is 8.58. The van der Waals surface area contributed by atoms with Crippen molar-refractivity contribution >= 4 is 21.9 Å². The van der Waals surface area contributed by atoms with Crippen LogP contribution in [-0.4, -0.2) is 9.97 Å². The van der Waals surface area contributed by atoms with Crippen molar-refractivity contribution in [2.75, 3.05) is 0 Å². The largest absolute Gasteiger partial charge is 0.500 e. The van der Waals surface area contributed by atoms with Gasteiger partial charge in [0.05, 0.1) is 11.1 Å². The molecule has 0 atom stereocenters. The summed E-state index contributed by atoms with van der Waals surface area (Å²) in [6.07, 6.45) is 3.64. The first-order valence-corrected chi connectivity index (χ1v) is 13.0. The molecule has 0 aliphatic carbocycles. The Labute approximate surface area is 252 Å². The molecule has 0 amide bonds. The van der Waals surface area contributed by atoms with E-state index in [0.29, 0.717) is 16.7 Å². The fraction of sp³-hybridized carbons (Fsp3) is 0.0556. The molecule has 0 bridgehead atoms. The standard InChI is InChI=1S/C23H13FNO.C13H12N.Ir/c24-19-13-12-17-16-9-6-10-18(20-11-4-5-14-25-20)22(16)26-23(17)21(19)15-7-2-1-3-8-15;1-10-8-13(14-9-11(10)2)12-6-4-3-5-7-12;/h1-9,11-14H;3-6,8-9H,1-2H3;/q2*-1;. The normalized spacial score (nSPS) is 10.6. The van der Waals surface area contributed by atoms with Gasteiger partial charge < -0.3 is 14.4 Å². The Balaban J connectivity index is 0.000000192. The van der Waals surface area contributed by atoms with E-state index in [1.165, 1.54) is 17.2 Å². The summed E-state index contributed by atoms with van der Waals surface area (Å²) in [5, 5.41) is 1.81. The van der Waals surface area contributed by atoms with E-state index in [1.54, 1.807) is 12.3 Å². The fourth-order valence-electron chi connectivity index (χ4n) is 4.68. The number of nitrogens with zero attached hydrogens (tertiary/aromatic N) is 2. The Bertz CT molecular complexity index is 1920. The van der Waals surface area contributed by atoms with Crippen LogP contribution in [0.5, 0.6) is 0 Å². The summed E-state index contributed by atoms with van der Waals surface area (Å²) >= 11 is 0.